The normalized spacial score (nSPS) is 36.3. The van der Waals surface area contributed by atoms with Crippen molar-refractivity contribution in [3.63, 3.8) is 0 Å². The monoisotopic (exact) mass is 340 g/mol. The molecule has 134 valence electrons. The van der Waals surface area contributed by atoms with Crippen molar-refractivity contribution in [3.05, 3.63) is 35.9 Å². The number of hydrogen-bond donors (Lipinski definition) is 3. The van der Waals surface area contributed by atoms with Gasteiger partial charge in [-0.2, -0.15) is 0 Å². The minimum Gasteiger partial charge on any atom is -0.394 e. The molecule has 0 bridgehead atoms. The van der Waals surface area contributed by atoms with E-state index in [4.69, 9.17) is 18.9 Å². The second-order valence-corrected chi connectivity index (χ2v) is 6.57. The summed E-state index contributed by atoms with van der Waals surface area (Å²) in [6.45, 7) is 3.23. The highest BCUT2D eigenvalue weighted by Gasteiger charge is 2.56. The third kappa shape index (κ3) is 3.62. The predicted molar refractivity (Wildman–Crippen MR) is 82.8 cm³/mol. The Bertz CT molecular complexity index is 535. The molecule has 6 atom stereocenters. The van der Waals surface area contributed by atoms with E-state index >= 15 is 0 Å². The van der Waals surface area contributed by atoms with E-state index in [2.05, 4.69) is 0 Å². The number of benzene rings is 1. The Morgan fingerprint density at radius 2 is 1.83 bits per heavy atom. The average molecular weight is 340 g/mol. The van der Waals surface area contributed by atoms with E-state index in [-0.39, 0.29) is 6.61 Å². The first-order chi connectivity index (χ1) is 11.4. The van der Waals surface area contributed by atoms with Crippen LogP contribution < -0.4 is 0 Å². The topological polar surface area (TPSA) is 97.6 Å². The lowest BCUT2D eigenvalue weighted by atomic mass is 9.95. The Morgan fingerprint density at radius 3 is 2.50 bits per heavy atom. The third-order valence-electron chi connectivity index (χ3n) is 4.22. The Kier molecular flexibility index (Phi) is 5.22. The van der Waals surface area contributed by atoms with Crippen LogP contribution in [0.2, 0.25) is 0 Å². The first-order valence-corrected chi connectivity index (χ1v) is 8.05. The summed E-state index contributed by atoms with van der Waals surface area (Å²) in [6.07, 6.45) is -5.55. The Morgan fingerprint density at radius 1 is 1.17 bits per heavy atom. The molecule has 2 fully saturated rings. The van der Waals surface area contributed by atoms with Crippen LogP contribution in [0.1, 0.15) is 19.4 Å². The van der Waals surface area contributed by atoms with Gasteiger partial charge in [-0.15, -0.1) is 0 Å². The molecule has 2 heterocycles. The quantitative estimate of drug-likeness (QED) is 0.702. The van der Waals surface area contributed by atoms with Gasteiger partial charge in [0.1, 0.15) is 30.5 Å². The zero-order valence-electron chi connectivity index (χ0n) is 13.7. The fraction of sp³-hybridized carbons (Fsp3) is 0.647. The highest BCUT2D eigenvalue weighted by atomic mass is 16.8. The van der Waals surface area contributed by atoms with E-state index in [0.717, 1.165) is 5.56 Å². The second-order valence-electron chi connectivity index (χ2n) is 6.57. The van der Waals surface area contributed by atoms with Crippen molar-refractivity contribution in [3.8, 4) is 0 Å². The molecule has 1 unspecified atom stereocenters. The Balaban J connectivity index is 1.75. The van der Waals surface area contributed by atoms with E-state index < -0.39 is 49.2 Å². The van der Waals surface area contributed by atoms with Crippen LogP contribution in [0.25, 0.3) is 0 Å². The molecule has 0 amide bonds. The van der Waals surface area contributed by atoms with Crippen LogP contribution >= 0.6 is 0 Å². The number of rotatable bonds is 5. The standard InChI is InChI=1S/C17H24O7/c1-17(2)23-14-12(20)13(11(19)8-18)22-16(15(14)24-17)21-9-10-6-4-3-5-7-10/h3-7,11-16,18-20H,8-9H2,1-2H3/t11?,12-,13-,14+,15+,16-/m1/s1. The number of fused-ring (bicyclic) bond motifs is 1. The van der Waals surface area contributed by atoms with E-state index in [0.29, 0.717) is 0 Å². The number of hydrogen-bond acceptors (Lipinski definition) is 7. The molecular weight excluding hydrogens is 316 g/mol. The third-order valence-corrected chi connectivity index (χ3v) is 4.22. The zero-order chi connectivity index (χ0) is 17.3. The number of aliphatic hydroxyl groups is 3. The maximum atomic E-state index is 10.4. The van der Waals surface area contributed by atoms with Gasteiger partial charge in [-0.05, 0) is 19.4 Å². The van der Waals surface area contributed by atoms with Crippen LogP contribution in [0.5, 0.6) is 0 Å². The molecule has 0 aromatic heterocycles. The number of ether oxygens (including phenoxy) is 4. The summed E-state index contributed by atoms with van der Waals surface area (Å²) < 4.78 is 23.1. The summed E-state index contributed by atoms with van der Waals surface area (Å²) in [6, 6.07) is 9.57. The molecule has 3 rings (SSSR count). The summed E-state index contributed by atoms with van der Waals surface area (Å²) in [5, 5.41) is 29.5. The average Bonchev–Trinajstić information content (AvgIpc) is 2.90. The van der Waals surface area contributed by atoms with Crippen LogP contribution in [0, 0.1) is 0 Å². The van der Waals surface area contributed by atoms with Crippen molar-refractivity contribution in [1.82, 2.24) is 0 Å². The first kappa shape index (κ1) is 17.8. The maximum Gasteiger partial charge on any atom is 0.187 e. The maximum absolute atomic E-state index is 10.4. The van der Waals surface area contributed by atoms with Gasteiger partial charge in [-0.25, -0.2) is 0 Å². The summed E-state index contributed by atoms with van der Waals surface area (Å²) in [7, 11) is 0. The van der Waals surface area contributed by atoms with E-state index in [1.54, 1.807) is 13.8 Å². The molecule has 7 heteroatoms. The molecule has 1 aromatic carbocycles. The van der Waals surface area contributed by atoms with Crippen molar-refractivity contribution in [1.29, 1.82) is 0 Å². The predicted octanol–water partition coefficient (Wildman–Crippen LogP) is 0.162. The van der Waals surface area contributed by atoms with Gasteiger partial charge < -0.3 is 34.3 Å². The lowest BCUT2D eigenvalue weighted by Crippen LogP contribution is -2.60. The molecule has 1 aromatic rings. The largest absolute Gasteiger partial charge is 0.394 e. The van der Waals surface area contributed by atoms with Crippen molar-refractivity contribution in [2.75, 3.05) is 6.61 Å². The van der Waals surface area contributed by atoms with Gasteiger partial charge in [-0.1, -0.05) is 30.3 Å². The SMILES string of the molecule is CC1(C)O[C@@H]2[C@H](OCc3ccccc3)O[C@H](C(O)CO)[C@@H](O)[C@@H]2O1. The number of aliphatic hydroxyl groups excluding tert-OH is 3. The van der Waals surface area contributed by atoms with E-state index in [1.165, 1.54) is 0 Å². The van der Waals surface area contributed by atoms with Gasteiger partial charge in [0.2, 0.25) is 0 Å². The second kappa shape index (κ2) is 7.05. The van der Waals surface area contributed by atoms with Gasteiger partial charge >= 0.3 is 0 Å². The van der Waals surface area contributed by atoms with Gasteiger partial charge in [0.25, 0.3) is 0 Å². The molecule has 2 saturated heterocycles. The Hall–Kier alpha value is -1.06. The van der Waals surface area contributed by atoms with Crippen LogP contribution in [0.15, 0.2) is 30.3 Å². The van der Waals surface area contributed by atoms with Gasteiger partial charge in [-0.3, -0.25) is 0 Å². The molecule has 0 saturated carbocycles. The lowest BCUT2D eigenvalue weighted by Gasteiger charge is -2.41. The summed E-state index contributed by atoms with van der Waals surface area (Å²) in [4.78, 5) is 0. The summed E-state index contributed by atoms with van der Waals surface area (Å²) in [5.41, 5.74) is 0.959. The smallest absolute Gasteiger partial charge is 0.187 e. The molecule has 24 heavy (non-hydrogen) atoms. The summed E-state index contributed by atoms with van der Waals surface area (Å²) >= 11 is 0. The molecular formula is C17H24O7. The van der Waals surface area contributed by atoms with E-state index in [1.807, 2.05) is 30.3 Å². The first-order valence-electron chi connectivity index (χ1n) is 8.05. The van der Waals surface area contributed by atoms with Crippen molar-refractivity contribution in [2.24, 2.45) is 0 Å². The van der Waals surface area contributed by atoms with Crippen molar-refractivity contribution < 1.29 is 34.3 Å². The molecule has 7 nitrogen and oxygen atoms in total. The van der Waals surface area contributed by atoms with E-state index in [9.17, 15) is 15.3 Å². The fourth-order valence-corrected chi connectivity index (χ4v) is 3.10. The lowest BCUT2D eigenvalue weighted by molar-refractivity contribution is -0.295. The van der Waals surface area contributed by atoms with Crippen LogP contribution in [-0.2, 0) is 25.6 Å². The molecule has 3 N–H and O–H groups in total. The van der Waals surface area contributed by atoms with Gasteiger partial charge in [0.15, 0.2) is 12.1 Å². The molecule has 0 radical (unpaired) electrons. The highest BCUT2D eigenvalue weighted by Crippen LogP contribution is 2.38. The minimum absolute atomic E-state index is 0.288. The summed E-state index contributed by atoms with van der Waals surface area (Å²) in [5.74, 6) is -0.896. The van der Waals surface area contributed by atoms with Gasteiger partial charge in [0, 0.05) is 0 Å². The van der Waals surface area contributed by atoms with Crippen LogP contribution in [0.3, 0.4) is 0 Å². The van der Waals surface area contributed by atoms with Crippen molar-refractivity contribution in [2.45, 2.75) is 63.1 Å². The molecule has 2 aliphatic rings. The molecule has 0 spiro atoms. The van der Waals surface area contributed by atoms with Crippen molar-refractivity contribution >= 4 is 0 Å². The van der Waals surface area contributed by atoms with Gasteiger partial charge in [0.05, 0.1) is 13.2 Å². The van der Waals surface area contributed by atoms with Crippen LogP contribution in [0.4, 0.5) is 0 Å². The van der Waals surface area contributed by atoms with Crippen LogP contribution in [-0.4, -0.2) is 64.5 Å². The zero-order valence-corrected chi connectivity index (χ0v) is 13.7. The minimum atomic E-state index is -1.24. The highest BCUT2D eigenvalue weighted by molar-refractivity contribution is 5.13. The molecule has 0 aliphatic carbocycles. The Labute approximate surface area is 140 Å². The molecule has 2 aliphatic heterocycles. The fourth-order valence-electron chi connectivity index (χ4n) is 3.10.